The van der Waals surface area contributed by atoms with E-state index in [1.807, 2.05) is 0 Å². The fraction of sp³-hybridized carbons (Fsp3) is 0.500. The summed E-state index contributed by atoms with van der Waals surface area (Å²) in [5.74, 6) is -0.630. The van der Waals surface area contributed by atoms with Crippen LogP contribution in [-0.2, 0) is 0 Å². The topological polar surface area (TPSA) is 17.1 Å². The number of carbonyl (C=O) groups excluding carboxylic acids is 1. The lowest BCUT2D eigenvalue weighted by Crippen LogP contribution is -2.02. The fourth-order valence-electron chi connectivity index (χ4n) is 1.73. The van der Waals surface area contributed by atoms with E-state index in [1.54, 1.807) is 0 Å². The van der Waals surface area contributed by atoms with E-state index in [1.165, 1.54) is 31.0 Å². The molecule has 0 amide bonds. The molecule has 94 valence electrons. The molecule has 3 heteroatoms. The highest BCUT2D eigenvalue weighted by atomic mass is 35.5. The van der Waals surface area contributed by atoms with Gasteiger partial charge in [0.05, 0.1) is 5.56 Å². The van der Waals surface area contributed by atoms with Crippen LogP contribution in [0.1, 0.15) is 55.8 Å². The summed E-state index contributed by atoms with van der Waals surface area (Å²) in [6, 6.07) is 4.10. The van der Waals surface area contributed by atoms with Crippen molar-refractivity contribution >= 4 is 17.4 Å². The summed E-state index contributed by atoms with van der Waals surface area (Å²) in [4.78, 5) is 11.8. The smallest absolute Gasteiger partial charge is 0.165 e. The van der Waals surface area contributed by atoms with Crippen molar-refractivity contribution in [2.24, 2.45) is 0 Å². The van der Waals surface area contributed by atoms with Gasteiger partial charge in [0, 0.05) is 11.4 Å². The standard InChI is InChI=1S/C14H18ClFO/c1-2-3-4-5-6-7-14(17)12-10-11(15)8-9-13(12)16/h8-10H,2-7H2,1H3. The molecule has 0 N–H and O–H groups in total. The van der Waals surface area contributed by atoms with E-state index >= 15 is 0 Å². The first kappa shape index (κ1) is 14.2. The van der Waals surface area contributed by atoms with Crippen LogP contribution in [0.3, 0.4) is 0 Å². The lowest BCUT2D eigenvalue weighted by atomic mass is 10.0. The Balaban J connectivity index is 2.44. The Bertz CT molecular complexity index is 376. The number of hydrogen-bond donors (Lipinski definition) is 0. The molecule has 0 saturated heterocycles. The molecule has 1 aromatic rings. The minimum atomic E-state index is -0.479. The van der Waals surface area contributed by atoms with E-state index in [-0.39, 0.29) is 11.3 Å². The van der Waals surface area contributed by atoms with Crippen molar-refractivity contribution in [3.8, 4) is 0 Å². The highest BCUT2D eigenvalue weighted by molar-refractivity contribution is 6.31. The Hall–Kier alpha value is -0.890. The Morgan fingerprint density at radius 2 is 1.94 bits per heavy atom. The second kappa shape index (κ2) is 7.44. The van der Waals surface area contributed by atoms with Crippen LogP contribution < -0.4 is 0 Å². The molecule has 0 aliphatic carbocycles. The van der Waals surface area contributed by atoms with E-state index < -0.39 is 5.82 Å². The first-order chi connectivity index (χ1) is 8.15. The zero-order valence-electron chi connectivity index (χ0n) is 10.1. The molecule has 0 atom stereocenters. The molecule has 0 aliphatic rings. The number of benzene rings is 1. The van der Waals surface area contributed by atoms with Crippen LogP contribution in [0.4, 0.5) is 4.39 Å². The summed E-state index contributed by atoms with van der Waals surface area (Å²) >= 11 is 5.74. The summed E-state index contributed by atoms with van der Waals surface area (Å²) in [6.45, 7) is 2.15. The predicted octanol–water partition coefficient (Wildman–Crippen LogP) is 5.02. The highest BCUT2D eigenvalue weighted by Crippen LogP contribution is 2.17. The molecule has 1 nitrogen and oxygen atoms in total. The number of halogens is 2. The summed E-state index contributed by atoms with van der Waals surface area (Å²) < 4.78 is 13.4. The van der Waals surface area contributed by atoms with Crippen LogP contribution in [0.5, 0.6) is 0 Å². The highest BCUT2D eigenvalue weighted by Gasteiger charge is 2.11. The van der Waals surface area contributed by atoms with E-state index in [9.17, 15) is 9.18 Å². The molecule has 0 spiro atoms. The summed E-state index contributed by atoms with van der Waals surface area (Å²) in [6.07, 6.45) is 5.77. The average Bonchev–Trinajstić information content (AvgIpc) is 2.32. The van der Waals surface area contributed by atoms with Gasteiger partial charge >= 0.3 is 0 Å². The van der Waals surface area contributed by atoms with E-state index in [4.69, 9.17) is 11.6 Å². The third-order valence-corrected chi connectivity index (χ3v) is 2.97. The monoisotopic (exact) mass is 256 g/mol. The van der Waals surface area contributed by atoms with Gasteiger partial charge in [0.2, 0.25) is 0 Å². The minimum Gasteiger partial charge on any atom is -0.294 e. The van der Waals surface area contributed by atoms with Gasteiger partial charge in [-0.2, -0.15) is 0 Å². The Morgan fingerprint density at radius 1 is 1.24 bits per heavy atom. The van der Waals surface area contributed by atoms with Crippen molar-refractivity contribution < 1.29 is 9.18 Å². The number of ketones is 1. The molecular formula is C14H18ClFO. The Labute approximate surface area is 107 Å². The van der Waals surface area contributed by atoms with Crippen LogP contribution in [0.15, 0.2) is 18.2 Å². The van der Waals surface area contributed by atoms with Crippen LogP contribution in [0.25, 0.3) is 0 Å². The molecule has 0 radical (unpaired) electrons. The van der Waals surface area contributed by atoms with E-state index in [0.717, 1.165) is 19.3 Å². The van der Waals surface area contributed by atoms with Crippen molar-refractivity contribution in [2.75, 3.05) is 0 Å². The first-order valence-electron chi connectivity index (χ1n) is 6.13. The zero-order valence-corrected chi connectivity index (χ0v) is 10.9. The zero-order chi connectivity index (χ0) is 12.7. The van der Waals surface area contributed by atoms with Gasteiger partial charge in [-0.3, -0.25) is 4.79 Å². The Morgan fingerprint density at radius 3 is 2.65 bits per heavy atom. The lowest BCUT2D eigenvalue weighted by molar-refractivity contribution is 0.0975. The van der Waals surface area contributed by atoms with Crippen LogP contribution >= 0.6 is 11.6 Å². The molecule has 0 fully saturated rings. The number of unbranched alkanes of at least 4 members (excludes halogenated alkanes) is 4. The molecule has 17 heavy (non-hydrogen) atoms. The maximum atomic E-state index is 13.4. The molecule has 0 saturated carbocycles. The SMILES string of the molecule is CCCCCCCC(=O)c1cc(Cl)ccc1F. The van der Waals surface area contributed by atoms with Crippen LogP contribution in [0.2, 0.25) is 5.02 Å². The maximum Gasteiger partial charge on any atom is 0.165 e. The number of Topliss-reactive ketones (excluding diaryl/α,β-unsaturated/α-hetero) is 1. The molecule has 1 rings (SSSR count). The van der Waals surface area contributed by atoms with Gasteiger partial charge < -0.3 is 0 Å². The van der Waals surface area contributed by atoms with Gasteiger partial charge in [0.25, 0.3) is 0 Å². The van der Waals surface area contributed by atoms with Gasteiger partial charge in [-0.1, -0.05) is 44.2 Å². The maximum absolute atomic E-state index is 13.4. The molecule has 0 aliphatic heterocycles. The molecule has 0 heterocycles. The molecular weight excluding hydrogens is 239 g/mol. The van der Waals surface area contributed by atoms with Gasteiger partial charge in [-0.25, -0.2) is 4.39 Å². The summed E-state index contributed by atoms with van der Waals surface area (Å²) in [5, 5.41) is 0.403. The quantitative estimate of drug-likeness (QED) is 0.494. The number of carbonyl (C=O) groups is 1. The normalized spacial score (nSPS) is 10.5. The third-order valence-electron chi connectivity index (χ3n) is 2.74. The largest absolute Gasteiger partial charge is 0.294 e. The molecule has 0 unspecified atom stereocenters. The fourth-order valence-corrected chi connectivity index (χ4v) is 1.91. The van der Waals surface area contributed by atoms with Crippen LogP contribution in [-0.4, -0.2) is 5.78 Å². The van der Waals surface area contributed by atoms with Crippen molar-refractivity contribution in [1.82, 2.24) is 0 Å². The van der Waals surface area contributed by atoms with Gasteiger partial charge in [0.1, 0.15) is 5.82 Å². The first-order valence-corrected chi connectivity index (χ1v) is 6.51. The average molecular weight is 257 g/mol. The third kappa shape index (κ3) is 4.86. The summed E-state index contributed by atoms with van der Waals surface area (Å²) in [7, 11) is 0. The predicted molar refractivity (Wildman–Crippen MR) is 69.1 cm³/mol. The van der Waals surface area contributed by atoms with Crippen molar-refractivity contribution in [3.63, 3.8) is 0 Å². The van der Waals surface area contributed by atoms with Crippen molar-refractivity contribution in [3.05, 3.63) is 34.6 Å². The summed E-state index contributed by atoms with van der Waals surface area (Å²) in [5.41, 5.74) is 0.119. The molecule has 1 aromatic carbocycles. The van der Waals surface area contributed by atoms with Gasteiger partial charge in [-0.15, -0.1) is 0 Å². The van der Waals surface area contributed by atoms with Crippen LogP contribution in [0, 0.1) is 5.82 Å². The number of hydrogen-bond acceptors (Lipinski definition) is 1. The lowest BCUT2D eigenvalue weighted by Gasteiger charge is -2.03. The number of rotatable bonds is 7. The molecule has 0 aromatic heterocycles. The van der Waals surface area contributed by atoms with Gasteiger partial charge in [-0.05, 0) is 24.6 Å². The van der Waals surface area contributed by atoms with Crippen molar-refractivity contribution in [2.45, 2.75) is 45.4 Å². The Kier molecular flexibility index (Phi) is 6.20. The second-order valence-corrected chi connectivity index (χ2v) is 4.65. The minimum absolute atomic E-state index is 0.119. The van der Waals surface area contributed by atoms with E-state index in [0.29, 0.717) is 11.4 Å². The van der Waals surface area contributed by atoms with E-state index in [2.05, 4.69) is 6.92 Å². The molecule has 0 bridgehead atoms. The second-order valence-electron chi connectivity index (χ2n) is 4.21. The van der Waals surface area contributed by atoms with Gasteiger partial charge in [0.15, 0.2) is 5.78 Å². The van der Waals surface area contributed by atoms with Crippen molar-refractivity contribution in [1.29, 1.82) is 0 Å².